The summed E-state index contributed by atoms with van der Waals surface area (Å²) in [6.45, 7) is 2.96. The second-order valence-corrected chi connectivity index (χ2v) is 6.35. The third-order valence-corrected chi connectivity index (χ3v) is 4.46. The Morgan fingerprint density at radius 3 is 2.90 bits per heavy atom. The number of ether oxygens (including phenoxy) is 1. The largest absolute Gasteiger partial charge is 0.376 e. The molecule has 0 radical (unpaired) electrons. The van der Waals surface area contributed by atoms with Gasteiger partial charge in [0.1, 0.15) is 10.8 Å². The van der Waals surface area contributed by atoms with Crippen LogP contribution in [-0.2, 0) is 11.2 Å². The van der Waals surface area contributed by atoms with Gasteiger partial charge in [0.05, 0.1) is 12.1 Å². The van der Waals surface area contributed by atoms with Crippen LogP contribution in [-0.4, -0.2) is 29.0 Å². The third-order valence-electron chi connectivity index (χ3n) is 3.61. The van der Waals surface area contributed by atoms with E-state index in [0.29, 0.717) is 6.42 Å². The zero-order chi connectivity index (χ0) is 14.7. The standard InChI is InChI=1S/C15H18FN3OS/c1-10(13-3-2-8-20-13)17-15-19-18-14(21-15)9-11-4-6-12(16)7-5-11/h4-7,10,13H,2-3,8-9H2,1H3,(H,17,19). The highest BCUT2D eigenvalue weighted by Crippen LogP contribution is 2.22. The summed E-state index contributed by atoms with van der Waals surface area (Å²) in [6, 6.07) is 6.72. The molecule has 1 aliphatic rings. The first kappa shape index (κ1) is 14.4. The smallest absolute Gasteiger partial charge is 0.205 e. The first-order valence-electron chi connectivity index (χ1n) is 7.15. The van der Waals surface area contributed by atoms with Crippen molar-refractivity contribution in [2.75, 3.05) is 11.9 Å². The molecule has 1 saturated heterocycles. The lowest BCUT2D eigenvalue weighted by molar-refractivity contribution is 0.0996. The van der Waals surface area contributed by atoms with Gasteiger partial charge < -0.3 is 10.1 Å². The molecule has 0 saturated carbocycles. The van der Waals surface area contributed by atoms with E-state index in [1.165, 1.54) is 23.5 Å². The molecule has 4 nitrogen and oxygen atoms in total. The number of hydrogen-bond donors (Lipinski definition) is 1. The first-order chi connectivity index (χ1) is 10.2. The summed E-state index contributed by atoms with van der Waals surface area (Å²) in [7, 11) is 0. The van der Waals surface area contributed by atoms with E-state index in [9.17, 15) is 4.39 Å². The van der Waals surface area contributed by atoms with Crippen molar-refractivity contribution in [2.24, 2.45) is 0 Å². The summed E-state index contributed by atoms with van der Waals surface area (Å²) in [5.74, 6) is -0.219. The van der Waals surface area contributed by atoms with E-state index in [2.05, 4.69) is 22.4 Å². The van der Waals surface area contributed by atoms with E-state index in [1.807, 2.05) is 0 Å². The Morgan fingerprint density at radius 1 is 1.38 bits per heavy atom. The zero-order valence-electron chi connectivity index (χ0n) is 11.9. The van der Waals surface area contributed by atoms with Crippen LogP contribution in [0.3, 0.4) is 0 Å². The molecule has 112 valence electrons. The van der Waals surface area contributed by atoms with Gasteiger partial charge in [-0.2, -0.15) is 0 Å². The lowest BCUT2D eigenvalue weighted by atomic mass is 10.1. The Kier molecular flexibility index (Phi) is 4.45. The summed E-state index contributed by atoms with van der Waals surface area (Å²) in [6.07, 6.45) is 3.15. The highest BCUT2D eigenvalue weighted by Gasteiger charge is 2.23. The number of benzene rings is 1. The molecule has 1 aromatic heterocycles. The molecule has 0 aliphatic carbocycles. The molecule has 6 heteroatoms. The number of anilines is 1. The van der Waals surface area contributed by atoms with Crippen molar-refractivity contribution in [2.45, 2.75) is 38.3 Å². The maximum Gasteiger partial charge on any atom is 0.205 e. The molecule has 0 amide bonds. The van der Waals surface area contributed by atoms with Crippen LogP contribution in [0, 0.1) is 5.82 Å². The fourth-order valence-corrected chi connectivity index (χ4v) is 3.31. The monoisotopic (exact) mass is 307 g/mol. The molecular weight excluding hydrogens is 289 g/mol. The molecule has 2 atom stereocenters. The lowest BCUT2D eigenvalue weighted by Gasteiger charge is -2.18. The number of nitrogens with one attached hydrogen (secondary N) is 1. The molecule has 1 aliphatic heterocycles. The molecule has 0 spiro atoms. The van der Waals surface area contributed by atoms with Crippen LogP contribution in [0.1, 0.15) is 30.3 Å². The van der Waals surface area contributed by atoms with Gasteiger partial charge in [0.15, 0.2) is 0 Å². The first-order valence-corrected chi connectivity index (χ1v) is 7.97. The third kappa shape index (κ3) is 3.77. The van der Waals surface area contributed by atoms with E-state index in [4.69, 9.17) is 4.74 Å². The topological polar surface area (TPSA) is 47.0 Å². The van der Waals surface area contributed by atoms with Crippen molar-refractivity contribution >= 4 is 16.5 Å². The maximum atomic E-state index is 12.9. The summed E-state index contributed by atoms with van der Waals surface area (Å²) in [4.78, 5) is 0. The van der Waals surface area contributed by atoms with E-state index < -0.39 is 0 Å². The van der Waals surface area contributed by atoms with Gasteiger partial charge in [0.25, 0.3) is 0 Å². The van der Waals surface area contributed by atoms with Crippen LogP contribution in [0.5, 0.6) is 0 Å². The van der Waals surface area contributed by atoms with Gasteiger partial charge in [0, 0.05) is 13.0 Å². The molecule has 3 rings (SSSR count). The van der Waals surface area contributed by atoms with Crippen molar-refractivity contribution in [3.63, 3.8) is 0 Å². The van der Waals surface area contributed by atoms with E-state index >= 15 is 0 Å². The number of aromatic nitrogens is 2. The average Bonchev–Trinajstić information content (AvgIpc) is 3.13. The molecule has 1 aromatic carbocycles. The highest BCUT2D eigenvalue weighted by molar-refractivity contribution is 7.15. The SMILES string of the molecule is CC(Nc1nnc(Cc2ccc(F)cc2)s1)C1CCCO1. The highest BCUT2D eigenvalue weighted by atomic mass is 32.1. The van der Waals surface area contributed by atoms with E-state index in [-0.39, 0.29) is 18.0 Å². The molecule has 0 bridgehead atoms. The van der Waals surface area contributed by atoms with Crippen molar-refractivity contribution in [1.82, 2.24) is 10.2 Å². The van der Waals surface area contributed by atoms with Crippen LogP contribution < -0.4 is 5.32 Å². The van der Waals surface area contributed by atoms with E-state index in [1.54, 1.807) is 12.1 Å². The van der Waals surface area contributed by atoms with Gasteiger partial charge in [-0.1, -0.05) is 23.5 Å². The van der Waals surface area contributed by atoms with E-state index in [0.717, 1.165) is 35.2 Å². The molecule has 2 aromatic rings. The molecule has 21 heavy (non-hydrogen) atoms. The van der Waals surface area contributed by atoms with Crippen LogP contribution >= 0.6 is 11.3 Å². The van der Waals surface area contributed by atoms with Crippen molar-refractivity contribution in [1.29, 1.82) is 0 Å². The minimum atomic E-state index is -0.219. The fourth-order valence-electron chi connectivity index (χ4n) is 2.44. The molecule has 2 heterocycles. The normalized spacial score (nSPS) is 19.6. The minimum absolute atomic E-state index is 0.219. The summed E-state index contributed by atoms with van der Waals surface area (Å²) < 4.78 is 18.5. The van der Waals surface area contributed by atoms with Crippen LogP contribution in [0.25, 0.3) is 0 Å². The molecule has 1 fully saturated rings. The van der Waals surface area contributed by atoms with Gasteiger partial charge in [-0.05, 0) is 37.5 Å². The number of hydrogen-bond acceptors (Lipinski definition) is 5. The Bertz CT molecular complexity index is 581. The number of halogens is 1. The predicted molar refractivity (Wildman–Crippen MR) is 81.2 cm³/mol. The molecule has 1 N–H and O–H groups in total. The second kappa shape index (κ2) is 6.49. The Balaban J connectivity index is 1.59. The number of nitrogens with zero attached hydrogens (tertiary/aromatic N) is 2. The van der Waals surface area contributed by atoms with Gasteiger partial charge in [-0.25, -0.2) is 4.39 Å². The Morgan fingerprint density at radius 2 is 2.19 bits per heavy atom. The molecule has 2 unspecified atom stereocenters. The minimum Gasteiger partial charge on any atom is -0.376 e. The fraction of sp³-hybridized carbons (Fsp3) is 0.467. The van der Waals surface area contributed by atoms with Gasteiger partial charge in [-0.3, -0.25) is 0 Å². The summed E-state index contributed by atoms with van der Waals surface area (Å²) >= 11 is 1.54. The second-order valence-electron chi connectivity index (χ2n) is 5.29. The summed E-state index contributed by atoms with van der Waals surface area (Å²) in [5.41, 5.74) is 1.03. The lowest BCUT2D eigenvalue weighted by Crippen LogP contribution is -2.29. The molecular formula is C15H18FN3OS. The van der Waals surface area contributed by atoms with Gasteiger partial charge in [0.2, 0.25) is 5.13 Å². The predicted octanol–water partition coefficient (Wildman–Crippen LogP) is 3.25. The van der Waals surface area contributed by atoms with Gasteiger partial charge in [-0.15, -0.1) is 10.2 Å². The summed E-state index contributed by atoms with van der Waals surface area (Å²) in [5, 5.41) is 13.4. The maximum absolute atomic E-state index is 12.9. The van der Waals surface area contributed by atoms with Crippen LogP contribution in [0.2, 0.25) is 0 Å². The van der Waals surface area contributed by atoms with Gasteiger partial charge >= 0.3 is 0 Å². The van der Waals surface area contributed by atoms with Crippen molar-refractivity contribution < 1.29 is 9.13 Å². The zero-order valence-corrected chi connectivity index (χ0v) is 12.7. The Hall–Kier alpha value is -1.53. The number of rotatable bonds is 5. The quantitative estimate of drug-likeness (QED) is 0.921. The Labute approximate surface area is 127 Å². The van der Waals surface area contributed by atoms with Crippen LogP contribution in [0.15, 0.2) is 24.3 Å². The average molecular weight is 307 g/mol. The van der Waals surface area contributed by atoms with Crippen molar-refractivity contribution in [3.8, 4) is 0 Å². The van der Waals surface area contributed by atoms with Crippen molar-refractivity contribution in [3.05, 3.63) is 40.7 Å². The van der Waals surface area contributed by atoms with Crippen LogP contribution in [0.4, 0.5) is 9.52 Å².